The third-order valence-electron chi connectivity index (χ3n) is 3.21. The van der Waals surface area contributed by atoms with Gasteiger partial charge in [-0.1, -0.05) is 0 Å². The number of rotatable bonds is 4. The van der Waals surface area contributed by atoms with Crippen LogP contribution in [-0.2, 0) is 6.54 Å². The number of pyridine rings is 1. The lowest BCUT2D eigenvalue weighted by molar-refractivity contribution is 0.406. The number of hydrogen-bond acceptors (Lipinski definition) is 5. The molecule has 0 saturated carbocycles. The number of methoxy groups -OCH3 is 1. The second kappa shape index (κ2) is 5.73. The zero-order valence-corrected chi connectivity index (χ0v) is 12.1. The maximum Gasteiger partial charge on any atom is 0.269 e. The number of ether oxygens (including phenoxy) is 1. The molecular weight excluding hydrogens is 256 g/mol. The van der Waals surface area contributed by atoms with Crippen molar-refractivity contribution in [2.75, 3.05) is 19.5 Å². The van der Waals surface area contributed by atoms with E-state index in [0.29, 0.717) is 12.2 Å². The summed E-state index contributed by atoms with van der Waals surface area (Å²) < 4.78 is 6.74. The van der Waals surface area contributed by atoms with Crippen LogP contribution in [0.25, 0.3) is 0 Å². The van der Waals surface area contributed by atoms with Crippen molar-refractivity contribution in [3.05, 3.63) is 45.6 Å². The number of nitrogens with one attached hydrogen (secondary N) is 1. The third kappa shape index (κ3) is 2.64. The van der Waals surface area contributed by atoms with E-state index in [1.54, 1.807) is 26.6 Å². The first-order chi connectivity index (χ1) is 9.56. The molecule has 2 rings (SSSR count). The first-order valence-corrected chi connectivity index (χ1v) is 6.30. The molecule has 0 saturated heterocycles. The van der Waals surface area contributed by atoms with Gasteiger partial charge in [-0.3, -0.25) is 9.78 Å². The van der Waals surface area contributed by atoms with Gasteiger partial charge in [-0.2, -0.15) is 5.10 Å². The lowest BCUT2D eigenvalue weighted by Gasteiger charge is -2.12. The zero-order valence-electron chi connectivity index (χ0n) is 12.1. The molecular formula is C14H18N4O2. The fraction of sp³-hybridized carbons (Fsp3) is 0.357. The average Bonchev–Trinajstić information content (AvgIpc) is 2.44. The molecule has 0 bridgehead atoms. The largest absolute Gasteiger partial charge is 0.496 e. The summed E-state index contributed by atoms with van der Waals surface area (Å²) in [6.07, 6.45) is 3.36. The van der Waals surface area contributed by atoms with E-state index in [9.17, 15) is 4.79 Å². The van der Waals surface area contributed by atoms with E-state index in [1.807, 2.05) is 13.8 Å². The molecule has 20 heavy (non-hydrogen) atoms. The Hall–Kier alpha value is -2.37. The van der Waals surface area contributed by atoms with Crippen molar-refractivity contribution in [1.82, 2.24) is 14.8 Å². The van der Waals surface area contributed by atoms with Crippen molar-refractivity contribution < 1.29 is 4.74 Å². The Morgan fingerprint density at radius 3 is 2.70 bits per heavy atom. The lowest BCUT2D eigenvalue weighted by atomic mass is 10.1. The standard InChI is InChI=1S/C14H18N4O2/c1-9-6-16-12(10(2)14(9)20-4)8-18-13(19)5-11(15-3)7-17-18/h5-7,15H,8H2,1-4H3. The van der Waals surface area contributed by atoms with Crippen molar-refractivity contribution in [1.29, 1.82) is 0 Å². The maximum absolute atomic E-state index is 11.9. The Kier molecular flexibility index (Phi) is 4.02. The van der Waals surface area contributed by atoms with Crippen molar-refractivity contribution in [3.8, 4) is 5.75 Å². The first kappa shape index (κ1) is 14.0. The number of hydrogen-bond donors (Lipinski definition) is 1. The van der Waals surface area contributed by atoms with E-state index in [-0.39, 0.29) is 5.56 Å². The zero-order chi connectivity index (χ0) is 14.7. The van der Waals surface area contributed by atoms with Gasteiger partial charge in [0.25, 0.3) is 5.56 Å². The molecule has 0 amide bonds. The smallest absolute Gasteiger partial charge is 0.269 e. The van der Waals surface area contributed by atoms with Crippen LogP contribution in [0.4, 0.5) is 5.69 Å². The average molecular weight is 274 g/mol. The number of aromatic nitrogens is 3. The van der Waals surface area contributed by atoms with Gasteiger partial charge in [-0.15, -0.1) is 0 Å². The van der Waals surface area contributed by atoms with Gasteiger partial charge in [0.2, 0.25) is 0 Å². The second-order valence-corrected chi connectivity index (χ2v) is 4.54. The molecule has 6 heteroatoms. The number of anilines is 1. The fourth-order valence-corrected chi connectivity index (χ4v) is 2.06. The SMILES string of the molecule is CNc1cnn(Cc2ncc(C)c(OC)c2C)c(=O)c1. The van der Waals surface area contributed by atoms with Crippen LogP contribution in [0.15, 0.2) is 23.3 Å². The van der Waals surface area contributed by atoms with Crippen LogP contribution in [0.1, 0.15) is 16.8 Å². The molecule has 1 N–H and O–H groups in total. The Morgan fingerprint density at radius 1 is 1.35 bits per heavy atom. The summed E-state index contributed by atoms with van der Waals surface area (Å²) in [4.78, 5) is 16.3. The minimum Gasteiger partial charge on any atom is -0.496 e. The summed E-state index contributed by atoms with van der Waals surface area (Å²) >= 11 is 0. The monoisotopic (exact) mass is 274 g/mol. The topological polar surface area (TPSA) is 69.0 Å². The molecule has 0 fully saturated rings. The van der Waals surface area contributed by atoms with Gasteiger partial charge in [0.05, 0.1) is 31.2 Å². The molecule has 0 atom stereocenters. The van der Waals surface area contributed by atoms with Gasteiger partial charge in [-0.05, 0) is 13.8 Å². The van der Waals surface area contributed by atoms with Crippen LogP contribution < -0.4 is 15.6 Å². The van der Waals surface area contributed by atoms with Crippen LogP contribution in [-0.4, -0.2) is 28.9 Å². The molecule has 106 valence electrons. The van der Waals surface area contributed by atoms with Crippen LogP contribution in [0.2, 0.25) is 0 Å². The minimum absolute atomic E-state index is 0.169. The van der Waals surface area contributed by atoms with Gasteiger partial charge >= 0.3 is 0 Å². The van der Waals surface area contributed by atoms with E-state index >= 15 is 0 Å². The highest BCUT2D eigenvalue weighted by Gasteiger charge is 2.11. The molecule has 2 heterocycles. The molecule has 0 aromatic carbocycles. The van der Waals surface area contributed by atoms with Crippen LogP contribution in [0, 0.1) is 13.8 Å². The molecule has 6 nitrogen and oxygen atoms in total. The van der Waals surface area contributed by atoms with E-state index in [1.165, 1.54) is 10.7 Å². The normalized spacial score (nSPS) is 10.4. The quantitative estimate of drug-likeness (QED) is 0.911. The summed E-state index contributed by atoms with van der Waals surface area (Å²) in [6, 6.07) is 1.51. The van der Waals surface area contributed by atoms with E-state index in [4.69, 9.17) is 4.74 Å². The number of aryl methyl sites for hydroxylation is 1. The Balaban J connectivity index is 2.38. The maximum atomic E-state index is 11.9. The Morgan fingerprint density at radius 2 is 2.10 bits per heavy atom. The van der Waals surface area contributed by atoms with Gasteiger partial charge in [0.1, 0.15) is 5.75 Å². The van der Waals surface area contributed by atoms with Gasteiger partial charge < -0.3 is 10.1 Å². The Bertz CT molecular complexity index is 679. The highest BCUT2D eigenvalue weighted by Crippen LogP contribution is 2.24. The Labute approximate surface area is 117 Å². The van der Waals surface area contributed by atoms with E-state index < -0.39 is 0 Å². The summed E-state index contributed by atoms with van der Waals surface area (Å²) in [7, 11) is 3.38. The van der Waals surface area contributed by atoms with E-state index in [0.717, 1.165) is 22.6 Å². The predicted molar refractivity (Wildman–Crippen MR) is 77.4 cm³/mol. The summed E-state index contributed by atoms with van der Waals surface area (Å²) in [5, 5.41) is 7.01. The second-order valence-electron chi connectivity index (χ2n) is 4.54. The van der Waals surface area contributed by atoms with Gasteiger partial charge in [0, 0.05) is 30.4 Å². The highest BCUT2D eigenvalue weighted by atomic mass is 16.5. The summed E-state index contributed by atoms with van der Waals surface area (Å²) in [5.41, 5.74) is 3.20. The van der Waals surface area contributed by atoms with Crippen molar-refractivity contribution >= 4 is 5.69 Å². The minimum atomic E-state index is -0.169. The van der Waals surface area contributed by atoms with Gasteiger partial charge in [0.15, 0.2) is 0 Å². The molecule has 2 aromatic heterocycles. The molecule has 0 aliphatic heterocycles. The predicted octanol–water partition coefficient (Wildman–Crippen LogP) is 1.35. The summed E-state index contributed by atoms with van der Waals surface area (Å²) in [5.74, 6) is 0.801. The van der Waals surface area contributed by atoms with Crippen LogP contribution >= 0.6 is 0 Å². The van der Waals surface area contributed by atoms with E-state index in [2.05, 4.69) is 15.4 Å². The van der Waals surface area contributed by atoms with Crippen LogP contribution in [0.5, 0.6) is 5.75 Å². The van der Waals surface area contributed by atoms with Crippen molar-refractivity contribution in [2.24, 2.45) is 0 Å². The lowest BCUT2D eigenvalue weighted by Crippen LogP contribution is -2.23. The first-order valence-electron chi connectivity index (χ1n) is 6.30. The molecule has 0 radical (unpaired) electrons. The molecule has 0 spiro atoms. The summed E-state index contributed by atoms with van der Waals surface area (Å²) in [6.45, 7) is 4.20. The third-order valence-corrected chi connectivity index (χ3v) is 3.21. The number of nitrogens with zero attached hydrogens (tertiary/aromatic N) is 3. The fourth-order valence-electron chi connectivity index (χ4n) is 2.06. The van der Waals surface area contributed by atoms with Crippen molar-refractivity contribution in [2.45, 2.75) is 20.4 Å². The molecule has 0 aliphatic carbocycles. The molecule has 0 aliphatic rings. The van der Waals surface area contributed by atoms with Crippen molar-refractivity contribution in [3.63, 3.8) is 0 Å². The van der Waals surface area contributed by atoms with Crippen LogP contribution in [0.3, 0.4) is 0 Å². The molecule has 0 unspecified atom stereocenters. The highest BCUT2D eigenvalue weighted by molar-refractivity contribution is 5.41. The van der Waals surface area contributed by atoms with Gasteiger partial charge in [-0.25, -0.2) is 4.68 Å². The molecule has 2 aromatic rings.